The molecule has 0 aliphatic heterocycles. The first-order chi connectivity index (χ1) is 10.6. The van der Waals surface area contributed by atoms with Crippen LogP contribution in [0.3, 0.4) is 0 Å². The van der Waals surface area contributed by atoms with Gasteiger partial charge in [-0.05, 0) is 36.4 Å². The molecular formula is C17H11ClO4. The van der Waals surface area contributed by atoms with Crippen molar-refractivity contribution in [1.82, 2.24) is 0 Å². The molecule has 3 rings (SSSR count). The second-order valence-electron chi connectivity index (χ2n) is 4.64. The Morgan fingerprint density at radius 3 is 2.59 bits per heavy atom. The summed E-state index contributed by atoms with van der Waals surface area (Å²) in [4.78, 5) is 23.6. The molecule has 0 aliphatic carbocycles. The third kappa shape index (κ3) is 3.02. The molecule has 0 spiro atoms. The van der Waals surface area contributed by atoms with E-state index in [9.17, 15) is 9.59 Å². The first-order valence-electron chi connectivity index (χ1n) is 6.58. The zero-order chi connectivity index (χ0) is 15.5. The number of ketones is 1. The Hall–Kier alpha value is -2.59. The van der Waals surface area contributed by atoms with Crippen molar-refractivity contribution < 1.29 is 13.9 Å². The Balaban J connectivity index is 1.83. The molecule has 1 heterocycles. The summed E-state index contributed by atoms with van der Waals surface area (Å²) in [6.45, 7) is -0.172. The van der Waals surface area contributed by atoms with Crippen molar-refractivity contribution in [3.8, 4) is 5.75 Å². The topological polar surface area (TPSA) is 56.5 Å². The van der Waals surface area contributed by atoms with Gasteiger partial charge >= 0.3 is 5.63 Å². The van der Waals surface area contributed by atoms with Crippen LogP contribution >= 0.6 is 11.6 Å². The van der Waals surface area contributed by atoms with Gasteiger partial charge in [0.2, 0.25) is 0 Å². The summed E-state index contributed by atoms with van der Waals surface area (Å²) in [5.41, 5.74) is 0.397. The van der Waals surface area contributed by atoms with Gasteiger partial charge in [0.25, 0.3) is 0 Å². The van der Waals surface area contributed by atoms with Gasteiger partial charge < -0.3 is 9.15 Å². The van der Waals surface area contributed by atoms with Crippen molar-refractivity contribution >= 4 is 28.4 Å². The molecule has 0 amide bonds. The number of benzene rings is 2. The van der Waals surface area contributed by atoms with Crippen molar-refractivity contribution in [3.63, 3.8) is 0 Å². The number of carbonyl (C=O) groups excluding carboxylic acids is 1. The van der Waals surface area contributed by atoms with E-state index in [0.29, 0.717) is 27.3 Å². The lowest BCUT2D eigenvalue weighted by Gasteiger charge is -2.07. The van der Waals surface area contributed by atoms with E-state index in [0.717, 1.165) is 0 Å². The molecule has 2 aromatic carbocycles. The maximum atomic E-state index is 12.1. The standard InChI is InChI=1S/C17H11ClO4/c18-12-7-5-11(6-8-12)14(19)10-21-16-9-17(20)22-15-4-2-1-3-13(15)16/h1-9H,10H2. The Bertz CT molecular complexity index is 881. The van der Waals surface area contributed by atoms with Gasteiger partial charge in [0.15, 0.2) is 12.4 Å². The maximum absolute atomic E-state index is 12.1. The first-order valence-corrected chi connectivity index (χ1v) is 6.96. The number of ether oxygens (including phenoxy) is 1. The minimum atomic E-state index is -0.521. The molecule has 0 bridgehead atoms. The lowest BCUT2D eigenvalue weighted by Crippen LogP contribution is -2.12. The van der Waals surface area contributed by atoms with E-state index in [4.69, 9.17) is 20.8 Å². The fraction of sp³-hybridized carbons (Fsp3) is 0.0588. The van der Waals surface area contributed by atoms with Gasteiger partial charge in [0, 0.05) is 10.6 Å². The predicted molar refractivity (Wildman–Crippen MR) is 83.8 cm³/mol. The molecular weight excluding hydrogens is 304 g/mol. The molecule has 0 radical (unpaired) electrons. The summed E-state index contributed by atoms with van der Waals surface area (Å²) in [7, 11) is 0. The smallest absolute Gasteiger partial charge is 0.339 e. The normalized spacial score (nSPS) is 10.6. The highest BCUT2D eigenvalue weighted by atomic mass is 35.5. The van der Waals surface area contributed by atoms with Gasteiger partial charge in [0.1, 0.15) is 11.3 Å². The van der Waals surface area contributed by atoms with Crippen LogP contribution in [0, 0.1) is 0 Å². The van der Waals surface area contributed by atoms with Gasteiger partial charge in [-0.3, -0.25) is 4.79 Å². The molecule has 4 nitrogen and oxygen atoms in total. The number of hydrogen-bond acceptors (Lipinski definition) is 4. The highest BCUT2D eigenvalue weighted by Gasteiger charge is 2.10. The Kier molecular flexibility index (Phi) is 3.94. The van der Waals surface area contributed by atoms with Crippen LogP contribution in [-0.2, 0) is 0 Å². The number of hydrogen-bond donors (Lipinski definition) is 0. The van der Waals surface area contributed by atoms with E-state index in [2.05, 4.69) is 0 Å². The molecule has 5 heteroatoms. The molecule has 3 aromatic rings. The number of Topliss-reactive ketones (excluding diaryl/α,β-unsaturated/α-hetero) is 1. The van der Waals surface area contributed by atoms with E-state index in [1.54, 1.807) is 48.5 Å². The molecule has 22 heavy (non-hydrogen) atoms. The van der Waals surface area contributed by atoms with E-state index in [1.165, 1.54) is 6.07 Å². The minimum absolute atomic E-state index is 0.172. The van der Waals surface area contributed by atoms with Crippen molar-refractivity contribution in [3.05, 3.63) is 75.6 Å². The van der Waals surface area contributed by atoms with Crippen molar-refractivity contribution in [2.45, 2.75) is 0 Å². The second-order valence-corrected chi connectivity index (χ2v) is 5.08. The predicted octanol–water partition coefficient (Wildman–Crippen LogP) is 3.71. The van der Waals surface area contributed by atoms with Gasteiger partial charge in [-0.15, -0.1) is 0 Å². The molecule has 0 unspecified atom stereocenters. The van der Waals surface area contributed by atoms with Gasteiger partial charge in [-0.25, -0.2) is 4.79 Å². The number of carbonyl (C=O) groups is 1. The lowest BCUT2D eigenvalue weighted by atomic mass is 10.1. The number of para-hydroxylation sites is 1. The first kappa shape index (κ1) is 14.4. The Morgan fingerprint density at radius 1 is 1.09 bits per heavy atom. The molecule has 0 saturated heterocycles. The van der Waals surface area contributed by atoms with Crippen molar-refractivity contribution in [2.24, 2.45) is 0 Å². The Labute approximate surface area is 130 Å². The SMILES string of the molecule is O=C(COc1cc(=O)oc2ccccc12)c1ccc(Cl)cc1. The van der Waals surface area contributed by atoms with Crippen molar-refractivity contribution in [2.75, 3.05) is 6.61 Å². The summed E-state index contributed by atoms with van der Waals surface area (Å²) in [6, 6.07) is 14.8. The summed E-state index contributed by atoms with van der Waals surface area (Å²) < 4.78 is 10.6. The minimum Gasteiger partial charge on any atom is -0.484 e. The molecule has 0 saturated carbocycles. The zero-order valence-electron chi connectivity index (χ0n) is 11.4. The third-order valence-corrected chi connectivity index (χ3v) is 3.39. The van der Waals surface area contributed by atoms with Gasteiger partial charge in [0.05, 0.1) is 11.5 Å². The zero-order valence-corrected chi connectivity index (χ0v) is 12.2. The number of fused-ring (bicyclic) bond motifs is 1. The summed E-state index contributed by atoms with van der Waals surface area (Å²) in [5.74, 6) is 0.128. The van der Waals surface area contributed by atoms with Crippen LogP contribution in [0.4, 0.5) is 0 Å². The summed E-state index contributed by atoms with van der Waals surface area (Å²) in [5, 5.41) is 1.20. The van der Waals surface area contributed by atoms with Crippen LogP contribution in [0.25, 0.3) is 11.0 Å². The lowest BCUT2D eigenvalue weighted by molar-refractivity contribution is 0.0922. The third-order valence-electron chi connectivity index (χ3n) is 3.14. The molecule has 1 aromatic heterocycles. The van der Waals surface area contributed by atoms with Crippen LogP contribution in [-0.4, -0.2) is 12.4 Å². The van der Waals surface area contributed by atoms with Crippen LogP contribution < -0.4 is 10.4 Å². The van der Waals surface area contributed by atoms with Crippen LogP contribution in [0.1, 0.15) is 10.4 Å². The molecule has 0 N–H and O–H groups in total. The van der Waals surface area contributed by atoms with E-state index in [1.807, 2.05) is 0 Å². The van der Waals surface area contributed by atoms with E-state index < -0.39 is 5.63 Å². The average Bonchev–Trinajstić information content (AvgIpc) is 2.52. The van der Waals surface area contributed by atoms with Crippen molar-refractivity contribution in [1.29, 1.82) is 0 Å². The van der Waals surface area contributed by atoms with Gasteiger partial charge in [-0.1, -0.05) is 23.7 Å². The molecule has 0 aliphatic rings. The quantitative estimate of drug-likeness (QED) is 0.544. The fourth-order valence-corrected chi connectivity index (χ4v) is 2.19. The second kappa shape index (κ2) is 6.03. The average molecular weight is 315 g/mol. The van der Waals surface area contributed by atoms with E-state index >= 15 is 0 Å². The van der Waals surface area contributed by atoms with Gasteiger partial charge in [-0.2, -0.15) is 0 Å². The monoisotopic (exact) mass is 314 g/mol. The fourth-order valence-electron chi connectivity index (χ4n) is 2.06. The summed E-state index contributed by atoms with van der Waals surface area (Å²) in [6.07, 6.45) is 0. The highest BCUT2D eigenvalue weighted by molar-refractivity contribution is 6.30. The Morgan fingerprint density at radius 2 is 1.82 bits per heavy atom. The van der Waals surface area contributed by atoms with Crippen LogP contribution in [0.15, 0.2) is 63.8 Å². The highest BCUT2D eigenvalue weighted by Crippen LogP contribution is 2.23. The number of halogens is 1. The molecule has 0 atom stereocenters. The largest absolute Gasteiger partial charge is 0.484 e. The maximum Gasteiger partial charge on any atom is 0.339 e. The van der Waals surface area contributed by atoms with Crippen LogP contribution in [0.5, 0.6) is 5.75 Å². The van der Waals surface area contributed by atoms with Crippen LogP contribution in [0.2, 0.25) is 5.02 Å². The molecule has 0 fully saturated rings. The molecule has 110 valence electrons. The van der Waals surface area contributed by atoms with E-state index in [-0.39, 0.29) is 12.4 Å². The summed E-state index contributed by atoms with van der Waals surface area (Å²) >= 11 is 5.78. The number of rotatable bonds is 4.